The number of ether oxygens (including phenoxy) is 2. The van der Waals surface area contributed by atoms with Gasteiger partial charge >= 0.3 is 0 Å². The molecule has 0 aliphatic rings. The maximum absolute atomic E-state index is 12.9. The van der Waals surface area contributed by atoms with Crippen molar-refractivity contribution in [1.82, 2.24) is 0 Å². The second kappa shape index (κ2) is 3.76. The molecule has 12 heavy (non-hydrogen) atoms. The molecule has 0 aliphatic carbocycles. The van der Waals surface area contributed by atoms with Crippen molar-refractivity contribution in [2.45, 2.75) is 0 Å². The Bertz CT molecular complexity index is 289. The minimum Gasteiger partial charge on any atom is -0.493 e. The zero-order chi connectivity index (χ0) is 9.14. The number of halogens is 2. The zero-order valence-corrected chi connectivity index (χ0v) is 8.31. The van der Waals surface area contributed by atoms with E-state index < -0.39 is 0 Å². The van der Waals surface area contributed by atoms with E-state index in [0.29, 0.717) is 11.5 Å². The van der Waals surface area contributed by atoms with Crippen LogP contribution in [0, 0.1) is 5.82 Å². The number of rotatable bonds is 2. The minimum atomic E-state index is -0.368. The largest absolute Gasteiger partial charge is 0.493 e. The van der Waals surface area contributed by atoms with Gasteiger partial charge in [-0.1, -0.05) is 0 Å². The van der Waals surface area contributed by atoms with Crippen molar-refractivity contribution in [3.05, 3.63) is 22.4 Å². The third kappa shape index (κ3) is 1.53. The molecule has 0 N–H and O–H groups in total. The van der Waals surface area contributed by atoms with Gasteiger partial charge in [0.2, 0.25) is 0 Å². The fraction of sp³-hybridized carbons (Fsp3) is 0.250. The van der Waals surface area contributed by atoms with Crippen LogP contribution in [-0.2, 0) is 0 Å². The summed E-state index contributed by atoms with van der Waals surface area (Å²) in [5.74, 6) is 0.510. The molecule has 0 amide bonds. The van der Waals surface area contributed by atoms with Gasteiger partial charge in [0.05, 0.1) is 18.7 Å². The predicted molar refractivity (Wildman–Crippen MR) is 47.2 cm³/mol. The maximum Gasteiger partial charge on any atom is 0.177 e. The van der Waals surface area contributed by atoms with Crippen molar-refractivity contribution in [2.75, 3.05) is 14.2 Å². The van der Waals surface area contributed by atoms with E-state index in [0.717, 1.165) is 0 Å². The summed E-state index contributed by atoms with van der Waals surface area (Å²) in [5, 5.41) is 0. The highest BCUT2D eigenvalue weighted by molar-refractivity contribution is 9.10. The van der Waals surface area contributed by atoms with Crippen molar-refractivity contribution in [1.29, 1.82) is 0 Å². The standard InChI is InChI=1S/C8H8BrFO2/c1-11-6-4-3-5(10)7(9)8(6)12-2/h3-4H,1-2H3. The summed E-state index contributed by atoms with van der Waals surface area (Å²) < 4.78 is 23.1. The van der Waals surface area contributed by atoms with Crippen LogP contribution in [0.2, 0.25) is 0 Å². The molecule has 0 unspecified atom stereocenters. The summed E-state index contributed by atoms with van der Waals surface area (Å²) in [5.41, 5.74) is 0. The Hall–Kier alpha value is -0.770. The Labute approximate surface area is 78.4 Å². The van der Waals surface area contributed by atoms with Crippen LogP contribution in [0.3, 0.4) is 0 Å². The van der Waals surface area contributed by atoms with Gasteiger partial charge in [0.15, 0.2) is 11.5 Å². The average Bonchev–Trinajstić information content (AvgIpc) is 2.09. The van der Waals surface area contributed by atoms with E-state index in [-0.39, 0.29) is 10.3 Å². The fourth-order valence-corrected chi connectivity index (χ4v) is 1.35. The van der Waals surface area contributed by atoms with Crippen LogP contribution in [-0.4, -0.2) is 14.2 Å². The molecule has 0 radical (unpaired) electrons. The summed E-state index contributed by atoms with van der Waals surface area (Å²) in [6.45, 7) is 0. The van der Waals surface area contributed by atoms with Gasteiger partial charge in [-0.15, -0.1) is 0 Å². The average molecular weight is 235 g/mol. The zero-order valence-electron chi connectivity index (χ0n) is 6.73. The minimum absolute atomic E-state index is 0.282. The highest BCUT2D eigenvalue weighted by atomic mass is 79.9. The fourth-order valence-electron chi connectivity index (χ4n) is 0.865. The molecular formula is C8H8BrFO2. The van der Waals surface area contributed by atoms with Gasteiger partial charge in [0.25, 0.3) is 0 Å². The lowest BCUT2D eigenvalue weighted by atomic mass is 10.3. The number of methoxy groups -OCH3 is 2. The monoisotopic (exact) mass is 234 g/mol. The van der Waals surface area contributed by atoms with Crippen LogP contribution in [0.1, 0.15) is 0 Å². The smallest absolute Gasteiger partial charge is 0.177 e. The SMILES string of the molecule is COc1ccc(F)c(Br)c1OC. The van der Waals surface area contributed by atoms with E-state index in [1.54, 1.807) is 0 Å². The molecule has 0 aromatic heterocycles. The quantitative estimate of drug-likeness (QED) is 0.784. The first-order chi connectivity index (χ1) is 5.70. The Morgan fingerprint density at radius 1 is 1.25 bits per heavy atom. The van der Waals surface area contributed by atoms with Crippen LogP contribution in [0.15, 0.2) is 16.6 Å². The maximum atomic E-state index is 12.9. The van der Waals surface area contributed by atoms with Gasteiger partial charge in [0, 0.05) is 0 Å². The van der Waals surface area contributed by atoms with Crippen LogP contribution in [0.4, 0.5) is 4.39 Å². The summed E-state index contributed by atoms with van der Waals surface area (Å²) in [6, 6.07) is 2.82. The molecule has 0 spiro atoms. The van der Waals surface area contributed by atoms with Crippen molar-refractivity contribution >= 4 is 15.9 Å². The third-order valence-electron chi connectivity index (χ3n) is 1.44. The molecule has 0 saturated heterocycles. The van der Waals surface area contributed by atoms with E-state index in [1.165, 1.54) is 26.4 Å². The molecule has 1 aromatic carbocycles. The summed E-state index contributed by atoms with van der Waals surface area (Å²) >= 11 is 3.05. The van der Waals surface area contributed by atoms with Crippen LogP contribution in [0.5, 0.6) is 11.5 Å². The lowest BCUT2D eigenvalue weighted by Crippen LogP contribution is -1.92. The molecular weight excluding hydrogens is 227 g/mol. The molecule has 4 heteroatoms. The van der Waals surface area contributed by atoms with E-state index in [1.807, 2.05) is 0 Å². The molecule has 0 heterocycles. The highest BCUT2D eigenvalue weighted by Gasteiger charge is 2.11. The second-order valence-electron chi connectivity index (χ2n) is 2.10. The van der Waals surface area contributed by atoms with Crippen molar-refractivity contribution < 1.29 is 13.9 Å². The molecule has 0 saturated carbocycles. The Balaban J connectivity index is 3.25. The van der Waals surface area contributed by atoms with Crippen molar-refractivity contribution in [3.8, 4) is 11.5 Å². The predicted octanol–water partition coefficient (Wildman–Crippen LogP) is 2.61. The van der Waals surface area contributed by atoms with Gasteiger partial charge in [0.1, 0.15) is 5.82 Å². The molecule has 2 nitrogen and oxygen atoms in total. The van der Waals surface area contributed by atoms with Gasteiger partial charge in [-0.25, -0.2) is 4.39 Å². The van der Waals surface area contributed by atoms with Crippen LogP contribution >= 0.6 is 15.9 Å². The number of benzene rings is 1. The van der Waals surface area contributed by atoms with Crippen molar-refractivity contribution in [2.24, 2.45) is 0 Å². The van der Waals surface area contributed by atoms with Gasteiger partial charge < -0.3 is 9.47 Å². The molecule has 1 rings (SSSR count). The molecule has 1 aromatic rings. The molecule has 0 bridgehead atoms. The lowest BCUT2D eigenvalue weighted by molar-refractivity contribution is 0.350. The van der Waals surface area contributed by atoms with E-state index >= 15 is 0 Å². The summed E-state index contributed by atoms with van der Waals surface area (Å²) in [7, 11) is 2.96. The number of hydrogen-bond donors (Lipinski definition) is 0. The van der Waals surface area contributed by atoms with Crippen LogP contribution in [0.25, 0.3) is 0 Å². The Kier molecular flexibility index (Phi) is 2.92. The first-order valence-electron chi connectivity index (χ1n) is 3.26. The third-order valence-corrected chi connectivity index (χ3v) is 2.18. The summed E-state index contributed by atoms with van der Waals surface area (Å²) in [6.07, 6.45) is 0. The Morgan fingerprint density at radius 3 is 2.42 bits per heavy atom. The normalized spacial score (nSPS) is 9.67. The molecule has 0 atom stereocenters. The van der Waals surface area contributed by atoms with Gasteiger partial charge in [-0.2, -0.15) is 0 Å². The Morgan fingerprint density at radius 2 is 1.92 bits per heavy atom. The van der Waals surface area contributed by atoms with E-state index in [4.69, 9.17) is 9.47 Å². The van der Waals surface area contributed by atoms with Crippen molar-refractivity contribution in [3.63, 3.8) is 0 Å². The van der Waals surface area contributed by atoms with E-state index in [9.17, 15) is 4.39 Å². The second-order valence-corrected chi connectivity index (χ2v) is 2.89. The topological polar surface area (TPSA) is 18.5 Å². The van der Waals surface area contributed by atoms with Crippen LogP contribution < -0.4 is 9.47 Å². The summed E-state index contributed by atoms with van der Waals surface area (Å²) in [4.78, 5) is 0. The van der Waals surface area contributed by atoms with E-state index in [2.05, 4.69) is 15.9 Å². The first kappa shape index (κ1) is 9.32. The number of hydrogen-bond acceptors (Lipinski definition) is 2. The van der Waals surface area contributed by atoms with Gasteiger partial charge in [-0.05, 0) is 28.1 Å². The first-order valence-corrected chi connectivity index (χ1v) is 4.06. The molecule has 0 aliphatic heterocycles. The van der Waals surface area contributed by atoms with Gasteiger partial charge in [-0.3, -0.25) is 0 Å². The lowest BCUT2D eigenvalue weighted by Gasteiger charge is -2.08. The highest BCUT2D eigenvalue weighted by Crippen LogP contribution is 2.36. The molecule has 66 valence electrons. The molecule has 0 fully saturated rings.